The largest absolute Gasteiger partial charge is 0.493 e. The third-order valence-electron chi connectivity index (χ3n) is 5.02. The Kier molecular flexibility index (Phi) is 8.45. The highest BCUT2D eigenvalue weighted by molar-refractivity contribution is 14.1. The summed E-state index contributed by atoms with van der Waals surface area (Å²) in [5.41, 5.74) is 2.72. The van der Waals surface area contributed by atoms with Gasteiger partial charge in [0, 0.05) is 17.9 Å². The van der Waals surface area contributed by atoms with E-state index in [1.165, 1.54) is 0 Å². The molecule has 6 nitrogen and oxygen atoms in total. The minimum absolute atomic E-state index is 0.115. The zero-order valence-electron chi connectivity index (χ0n) is 19.2. The van der Waals surface area contributed by atoms with E-state index < -0.39 is 0 Å². The Hall–Kier alpha value is -3.72. The molecule has 2 N–H and O–H groups in total. The maximum absolute atomic E-state index is 12.3. The zero-order chi connectivity index (χ0) is 24.5. The molecule has 0 saturated carbocycles. The van der Waals surface area contributed by atoms with Crippen LogP contribution in [0.2, 0.25) is 0 Å². The molecule has 0 radical (unpaired) electrons. The molecular weight excluding hydrogens is 555 g/mol. The van der Waals surface area contributed by atoms with Crippen molar-refractivity contribution < 1.29 is 19.0 Å². The molecule has 0 fully saturated rings. The topological polar surface area (TPSA) is 68.8 Å². The number of amides is 1. The van der Waals surface area contributed by atoms with Gasteiger partial charge in [0.15, 0.2) is 18.1 Å². The fraction of sp³-hybridized carbons (Fsp3) is 0.107. The van der Waals surface area contributed by atoms with Crippen molar-refractivity contribution in [3.8, 4) is 23.0 Å². The van der Waals surface area contributed by atoms with Gasteiger partial charge in [0.25, 0.3) is 5.91 Å². The minimum atomic E-state index is -0.237. The molecule has 4 rings (SSSR count). The second-order valence-corrected chi connectivity index (χ2v) is 8.77. The monoisotopic (exact) mass is 580 g/mol. The Balaban J connectivity index is 1.34. The molecular formula is C28H25IN2O4. The van der Waals surface area contributed by atoms with Crippen LogP contribution < -0.4 is 24.8 Å². The van der Waals surface area contributed by atoms with Gasteiger partial charge in [-0.15, -0.1) is 0 Å². The van der Waals surface area contributed by atoms with E-state index in [1.807, 2.05) is 97.1 Å². The molecule has 0 unspecified atom stereocenters. The summed E-state index contributed by atoms with van der Waals surface area (Å²) < 4.78 is 18.0. The third-order valence-corrected chi connectivity index (χ3v) is 5.83. The summed E-state index contributed by atoms with van der Waals surface area (Å²) in [4.78, 5) is 12.3. The van der Waals surface area contributed by atoms with Crippen LogP contribution in [-0.2, 0) is 11.3 Å². The molecule has 0 spiro atoms. The summed E-state index contributed by atoms with van der Waals surface area (Å²) in [5.74, 6) is 2.46. The number of hydrogen-bond donors (Lipinski definition) is 2. The average Bonchev–Trinajstić information content (AvgIpc) is 2.88. The van der Waals surface area contributed by atoms with Gasteiger partial charge in [-0.3, -0.25) is 4.79 Å². The van der Waals surface area contributed by atoms with Gasteiger partial charge in [-0.1, -0.05) is 36.4 Å². The SMILES string of the molecule is COc1cc(CNc2ccc(Oc3ccccc3)cc2)cc(I)c1OCC(=O)Nc1ccccc1. The lowest BCUT2D eigenvalue weighted by molar-refractivity contribution is -0.118. The molecule has 0 saturated heterocycles. The first-order valence-electron chi connectivity index (χ1n) is 11.0. The number of benzene rings is 4. The van der Waals surface area contributed by atoms with Crippen LogP contribution in [0.3, 0.4) is 0 Å². The van der Waals surface area contributed by atoms with Crippen LogP contribution >= 0.6 is 22.6 Å². The van der Waals surface area contributed by atoms with E-state index in [2.05, 4.69) is 33.2 Å². The van der Waals surface area contributed by atoms with Gasteiger partial charge in [0.05, 0.1) is 10.7 Å². The minimum Gasteiger partial charge on any atom is -0.493 e. The van der Waals surface area contributed by atoms with E-state index in [0.29, 0.717) is 18.0 Å². The quantitative estimate of drug-likeness (QED) is 0.204. The number of halogens is 1. The third kappa shape index (κ3) is 7.13. The number of anilines is 2. The lowest BCUT2D eigenvalue weighted by Crippen LogP contribution is -2.20. The summed E-state index contributed by atoms with van der Waals surface area (Å²) in [6, 6.07) is 30.7. The molecule has 0 atom stereocenters. The van der Waals surface area contributed by atoms with E-state index in [0.717, 1.165) is 32.0 Å². The van der Waals surface area contributed by atoms with Crippen molar-refractivity contribution in [2.75, 3.05) is 24.4 Å². The fourth-order valence-corrected chi connectivity index (χ4v) is 4.16. The summed E-state index contributed by atoms with van der Waals surface area (Å²) in [6.45, 7) is 0.482. The molecule has 0 bridgehead atoms. The Morgan fingerprint density at radius 2 is 1.49 bits per heavy atom. The molecule has 0 aliphatic heterocycles. The second-order valence-electron chi connectivity index (χ2n) is 7.60. The predicted octanol–water partition coefficient (Wildman–Crippen LogP) is 6.72. The lowest BCUT2D eigenvalue weighted by atomic mass is 10.2. The van der Waals surface area contributed by atoms with Crippen molar-refractivity contribution in [1.82, 2.24) is 0 Å². The summed E-state index contributed by atoms with van der Waals surface area (Å²) in [5, 5.41) is 6.22. The molecule has 0 aromatic heterocycles. The zero-order valence-corrected chi connectivity index (χ0v) is 21.3. The molecule has 4 aromatic rings. The first-order chi connectivity index (χ1) is 17.1. The highest BCUT2D eigenvalue weighted by atomic mass is 127. The number of ether oxygens (including phenoxy) is 3. The van der Waals surface area contributed by atoms with Crippen molar-refractivity contribution in [3.63, 3.8) is 0 Å². The summed E-state index contributed by atoms with van der Waals surface area (Å²) in [6.07, 6.45) is 0. The van der Waals surface area contributed by atoms with E-state index in [9.17, 15) is 4.79 Å². The molecule has 0 heterocycles. The van der Waals surface area contributed by atoms with Crippen LogP contribution in [0, 0.1) is 3.57 Å². The molecule has 0 aliphatic rings. The van der Waals surface area contributed by atoms with Gasteiger partial charge in [0.1, 0.15) is 11.5 Å². The fourth-order valence-electron chi connectivity index (χ4n) is 3.34. The number of methoxy groups -OCH3 is 1. The van der Waals surface area contributed by atoms with Crippen LogP contribution in [0.5, 0.6) is 23.0 Å². The Bertz CT molecular complexity index is 1250. The number of hydrogen-bond acceptors (Lipinski definition) is 5. The van der Waals surface area contributed by atoms with Crippen LogP contribution in [0.4, 0.5) is 11.4 Å². The van der Waals surface area contributed by atoms with Crippen LogP contribution in [0.1, 0.15) is 5.56 Å². The van der Waals surface area contributed by atoms with Crippen LogP contribution in [0.25, 0.3) is 0 Å². The number of nitrogens with one attached hydrogen (secondary N) is 2. The number of rotatable bonds is 10. The van der Waals surface area contributed by atoms with Crippen molar-refractivity contribution in [2.45, 2.75) is 6.54 Å². The Morgan fingerprint density at radius 1 is 0.829 bits per heavy atom. The molecule has 35 heavy (non-hydrogen) atoms. The first kappa shape index (κ1) is 24.4. The van der Waals surface area contributed by atoms with Gasteiger partial charge < -0.3 is 24.8 Å². The molecule has 4 aromatic carbocycles. The van der Waals surface area contributed by atoms with Crippen molar-refractivity contribution in [1.29, 1.82) is 0 Å². The predicted molar refractivity (Wildman–Crippen MR) is 147 cm³/mol. The van der Waals surface area contributed by atoms with Crippen molar-refractivity contribution >= 4 is 39.9 Å². The average molecular weight is 580 g/mol. The lowest BCUT2D eigenvalue weighted by Gasteiger charge is -2.15. The van der Waals surface area contributed by atoms with E-state index in [1.54, 1.807) is 7.11 Å². The summed E-state index contributed by atoms with van der Waals surface area (Å²) in [7, 11) is 1.59. The van der Waals surface area contributed by atoms with Gasteiger partial charge in [-0.2, -0.15) is 0 Å². The van der Waals surface area contributed by atoms with E-state index in [4.69, 9.17) is 14.2 Å². The van der Waals surface area contributed by atoms with Crippen molar-refractivity contribution in [2.24, 2.45) is 0 Å². The molecule has 1 amide bonds. The maximum Gasteiger partial charge on any atom is 0.262 e. The number of carbonyl (C=O) groups excluding carboxylic acids is 1. The molecule has 178 valence electrons. The van der Waals surface area contributed by atoms with Gasteiger partial charge >= 0.3 is 0 Å². The maximum atomic E-state index is 12.3. The molecule has 0 aliphatic carbocycles. The summed E-state index contributed by atoms with van der Waals surface area (Å²) >= 11 is 2.19. The Morgan fingerprint density at radius 3 is 2.17 bits per heavy atom. The van der Waals surface area contributed by atoms with Crippen LogP contribution in [0.15, 0.2) is 97.1 Å². The van der Waals surface area contributed by atoms with Crippen molar-refractivity contribution in [3.05, 3.63) is 106 Å². The van der Waals surface area contributed by atoms with Gasteiger partial charge in [-0.05, 0) is 88.8 Å². The smallest absolute Gasteiger partial charge is 0.262 e. The first-order valence-corrected chi connectivity index (χ1v) is 12.1. The number of para-hydroxylation sites is 2. The van der Waals surface area contributed by atoms with Gasteiger partial charge in [-0.25, -0.2) is 0 Å². The van der Waals surface area contributed by atoms with Gasteiger partial charge in [0.2, 0.25) is 0 Å². The second kappa shape index (κ2) is 12.1. The van der Waals surface area contributed by atoms with Crippen LogP contribution in [-0.4, -0.2) is 19.6 Å². The molecule has 7 heteroatoms. The normalized spacial score (nSPS) is 10.3. The highest BCUT2D eigenvalue weighted by Gasteiger charge is 2.14. The van der Waals surface area contributed by atoms with E-state index in [-0.39, 0.29) is 12.5 Å². The Labute approximate surface area is 218 Å². The highest BCUT2D eigenvalue weighted by Crippen LogP contribution is 2.34. The number of carbonyl (C=O) groups is 1. The van der Waals surface area contributed by atoms with E-state index >= 15 is 0 Å². The standard InChI is InChI=1S/C28H25IN2O4/c1-33-26-17-20(16-25(29)28(26)34-19-27(32)31-22-8-4-2-5-9-22)18-30-21-12-14-24(15-13-21)35-23-10-6-3-7-11-23/h2-17,30H,18-19H2,1H3,(H,31,32).